The molecular formula is C58H40N2O. The molecule has 1 aromatic heterocycles. The van der Waals surface area contributed by atoms with Gasteiger partial charge in [-0.2, -0.15) is 0 Å². The summed E-state index contributed by atoms with van der Waals surface area (Å²) in [7, 11) is 0. The molecule has 0 bridgehead atoms. The Kier molecular flexibility index (Phi) is 9.18. The molecule has 0 radical (unpaired) electrons. The predicted molar refractivity (Wildman–Crippen MR) is 257 cm³/mol. The van der Waals surface area contributed by atoms with Gasteiger partial charge in [0.2, 0.25) is 0 Å². The van der Waals surface area contributed by atoms with Crippen molar-refractivity contribution in [3.8, 4) is 33.4 Å². The average Bonchev–Trinajstić information content (AvgIpc) is 3.70. The van der Waals surface area contributed by atoms with E-state index >= 15 is 0 Å². The Labute approximate surface area is 355 Å². The molecular weight excluding hydrogens is 741 g/mol. The first-order valence-electron chi connectivity index (χ1n) is 20.7. The fourth-order valence-electron chi connectivity index (χ4n) is 8.72. The van der Waals surface area contributed by atoms with Crippen LogP contribution in [0.25, 0.3) is 66.1 Å². The van der Waals surface area contributed by atoms with Crippen molar-refractivity contribution in [1.29, 1.82) is 0 Å². The smallest absolute Gasteiger partial charge is 0.139 e. The number of hydrogen-bond donors (Lipinski definition) is 0. The monoisotopic (exact) mass is 780 g/mol. The highest BCUT2D eigenvalue weighted by atomic mass is 16.3. The quantitative estimate of drug-likeness (QED) is 0.145. The summed E-state index contributed by atoms with van der Waals surface area (Å²) < 4.78 is 6.98. The zero-order valence-corrected chi connectivity index (χ0v) is 33.4. The van der Waals surface area contributed by atoms with Gasteiger partial charge in [0, 0.05) is 34.2 Å². The third-order valence-electron chi connectivity index (χ3n) is 11.6. The molecule has 3 nitrogen and oxygen atoms in total. The highest BCUT2D eigenvalue weighted by Crippen LogP contribution is 2.49. The maximum Gasteiger partial charge on any atom is 0.139 e. The Balaban J connectivity index is 1.19. The highest BCUT2D eigenvalue weighted by Gasteiger charge is 2.25. The minimum absolute atomic E-state index is 0.810. The van der Waals surface area contributed by atoms with Gasteiger partial charge in [-0.05, 0) is 111 Å². The molecule has 11 rings (SSSR count). The van der Waals surface area contributed by atoms with E-state index in [-0.39, 0.29) is 0 Å². The molecule has 288 valence electrons. The predicted octanol–water partition coefficient (Wildman–Crippen LogP) is 16.7. The number of anilines is 6. The van der Waals surface area contributed by atoms with Gasteiger partial charge in [0.05, 0.1) is 16.8 Å². The number of para-hydroxylation sites is 2. The zero-order valence-electron chi connectivity index (χ0n) is 33.4. The van der Waals surface area contributed by atoms with Crippen molar-refractivity contribution in [2.75, 3.05) is 9.80 Å². The van der Waals surface area contributed by atoms with Gasteiger partial charge >= 0.3 is 0 Å². The topological polar surface area (TPSA) is 19.6 Å². The Hall–Kier alpha value is -8.14. The largest absolute Gasteiger partial charge is 0.456 e. The summed E-state index contributed by atoms with van der Waals surface area (Å²) in [6.07, 6.45) is 0. The van der Waals surface area contributed by atoms with E-state index in [1.165, 1.54) is 27.6 Å². The molecule has 3 heteroatoms. The Morgan fingerprint density at radius 1 is 0.279 bits per heavy atom. The number of benzene rings is 10. The van der Waals surface area contributed by atoms with Crippen molar-refractivity contribution in [3.63, 3.8) is 0 Å². The molecule has 10 aromatic carbocycles. The molecule has 0 saturated heterocycles. The summed E-state index contributed by atoms with van der Waals surface area (Å²) in [5, 5.41) is 4.44. The maximum atomic E-state index is 6.98. The van der Waals surface area contributed by atoms with Crippen molar-refractivity contribution in [3.05, 3.63) is 243 Å². The van der Waals surface area contributed by atoms with Crippen LogP contribution >= 0.6 is 0 Å². The molecule has 0 atom stereocenters. The van der Waals surface area contributed by atoms with Crippen LogP contribution in [0.1, 0.15) is 0 Å². The van der Waals surface area contributed by atoms with Crippen LogP contribution in [0, 0.1) is 0 Å². The number of rotatable bonds is 9. The van der Waals surface area contributed by atoms with Crippen LogP contribution in [0.5, 0.6) is 0 Å². The summed E-state index contributed by atoms with van der Waals surface area (Å²) in [6, 6.07) is 86.5. The summed E-state index contributed by atoms with van der Waals surface area (Å²) in [5.74, 6) is 0. The zero-order chi connectivity index (χ0) is 40.5. The number of hydrogen-bond acceptors (Lipinski definition) is 3. The Bertz CT molecular complexity index is 3270. The van der Waals surface area contributed by atoms with E-state index < -0.39 is 0 Å². The molecule has 0 N–H and O–H groups in total. The number of nitrogens with zero attached hydrogens (tertiary/aromatic N) is 2. The maximum absolute atomic E-state index is 6.98. The minimum atomic E-state index is 0.810. The second kappa shape index (κ2) is 15.6. The van der Waals surface area contributed by atoms with Gasteiger partial charge < -0.3 is 14.2 Å². The van der Waals surface area contributed by atoms with E-state index in [2.05, 4.69) is 252 Å². The van der Waals surface area contributed by atoms with Crippen LogP contribution in [0.15, 0.2) is 247 Å². The molecule has 0 saturated carbocycles. The van der Waals surface area contributed by atoms with Crippen molar-refractivity contribution in [2.45, 2.75) is 0 Å². The fraction of sp³-hybridized carbons (Fsp3) is 0. The average molecular weight is 781 g/mol. The van der Waals surface area contributed by atoms with Crippen molar-refractivity contribution in [1.82, 2.24) is 0 Å². The lowest BCUT2D eigenvalue weighted by Gasteiger charge is -2.30. The summed E-state index contributed by atoms with van der Waals surface area (Å²) in [6.45, 7) is 0. The van der Waals surface area contributed by atoms with Crippen LogP contribution < -0.4 is 9.80 Å². The summed E-state index contributed by atoms with van der Waals surface area (Å²) >= 11 is 0. The molecule has 0 aliphatic rings. The summed E-state index contributed by atoms with van der Waals surface area (Å²) in [4.78, 5) is 4.73. The first-order chi connectivity index (χ1) is 30.2. The number of fused-ring (bicyclic) bond motifs is 4. The summed E-state index contributed by atoms with van der Waals surface area (Å²) in [5.41, 5.74) is 14.9. The lowest BCUT2D eigenvalue weighted by atomic mass is 9.93. The standard InChI is InChI=1S/C58H40N2O/c1-6-18-41(19-7-1)42-30-32-49(33-31-42)60(48-28-14-5-15-29-48)55-39-51(40-57-58(55)54-36-45-24-16-17-25-46(45)37-56(54)61-57)59(47-26-12-4-13-27-47)50-34-35-52(43-20-8-2-9-21-43)53(38-50)44-22-10-3-11-23-44/h1-40H. The van der Waals surface area contributed by atoms with Gasteiger partial charge in [0.25, 0.3) is 0 Å². The van der Waals surface area contributed by atoms with Crippen LogP contribution in [-0.2, 0) is 0 Å². The van der Waals surface area contributed by atoms with Gasteiger partial charge in [-0.15, -0.1) is 0 Å². The van der Waals surface area contributed by atoms with Gasteiger partial charge in [-0.3, -0.25) is 0 Å². The lowest BCUT2D eigenvalue weighted by Crippen LogP contribution is -2.13. The van der Waals surface area contributed by atoms with E-state index in [4.69, 9.17) is 4.42 Å². The van der Waals surface area contributed by atoms with E-state index in [9.17, 15) is 0 Å². The highest BCUT2D eigenvalue weighted by molar-refractivity contribution is 6.17. The molecule has 0 unspecified atom stereocenters. The van der Waals surface area contributed by atoms with Crippen LogP contribution in [0.4, 0.5) is 34.1 Å². The van der Waals surface area contributed by atoms with E-state index in [1.54, 1.807) is 0 Å². The van der Waals surface area contributed by atoms with Crippen LogP contribution in [0.3, 0.4) is 0 Å². The van der Waals surface area contributed by atoms with Gasteiger partial charge in [-0.25, -0.2) is 0 Å². The first-order valence-corrected chi connectivity index (χ1v) is 20.7. The Morgan fingerprint density at radius 2 is 0.754 bits per heavy atom. The second-order valence-electron chi connectivity index (χ2n) is 15.4. The van der Waals surface area contributed by atoms with E-state index in [0.29, 0.717) is 0 Å². The molecule has 0 amide bonds. The molecule has 0 fully saturated rings. The third kappa shape index (κ3) is 6.78. The molecule has 11 aromatic rings. The Morgan fingerprint density at radius 3 is 1.38 bits per heavy atom. The van der Waals surface area contributed by atoms with E-state index in [0.717, 1.165) is 72.6 Å². The van der Waals surface area contributed by atoms with Crippen LogP contribution in [-0.4, -0.2) is 0 Å². The molecule has 0 aliphatic heterocycles. The molecule has 0 aliphatic carbocycles. The van der Waals surface area contributed by atoms with Crippen molar-refractivity contribution < 1.29 is 4.42 Å². The second-order valence-corrected chi connectivity index (χ2v) is 15.4. The van der Waals surface area contributed by atoms with Gasteiger partial charge in [0.1, 0.15) is 11.2 Å². The third-order valence-corrected chi connectivity index (χ3v) is 11.6. The molecule has 0 spiro atoms. The number of furan rings is 1. The van der Waals surface area contributed by atoms with Gasteiger partial charge in [0.15, 0.2) is 0 Å². The van der Waals surface area contributed by atoms with E-state index in [1.807, 2.05) is 0 Å². The molecule has 61 heavy (non-hydrogen) atoms. The molecule has 1 heterocycles. The normalized spacial score (nSPS) is 11.3. The first kappa shape index (κ1) is 36.0. The van der Waals surface area contributed by atoms with Crippen molar-refractivity contribution >= 4 is 66.8 Å². The fourth-order valence-corrected chi connectivity index (χ4v) is 8.72. The minimum Gasteiger partial charge on any atom is -0.456 e. The van der Waals surface area contributed by atoms with Gasteiger partial charge in [-0.1, -0.05) is 170 Å². The van der Waals surface area contributed by atoms with Crippen LogP contribution in [0.2, 0.25) is 0 Å². The lowest BCUT2D eigenvalue weighted by molar-refractivity contribution is 0.669. The van der Waals surface area contributed by atoms with Crippen molar-refractivity contribution in [2.24, 2.45) is 0 Å². The SMILES string of the molecule is c1ccc(-c2ccc(N(c3ccccc3)c3cc(N(c4ccccc4)c4ccc(-c5ccccc5)c(-c5ccccc5)c4)cc4oc5cc6ccccc6cc5c34)cc2)cc1.